The van der Waals surface area contributed by atoms with Crippen molar-refractivity contribution in [1.82, 2.24) is 0 Å². The zero-order valence-corrected chi connectivity index (χ0v) is 8.32. The molecule has 1 aromatic carbocycles. The second-order valence-corrected chi connectivity index (χ2v) is 3.79. The summed E-state index contributed by atoms with van der Waals surface area (Å²) in [5, 5.41) is 0. The molecule has 0 aromatic heterocycles. The summed E-state index contributed by atoms with van der Waals surface area (Å²) in [6.07, 6.45) is 2.61. The van der Waals surface area contributed by atoms with Crippen LogP contribution in [-0.4, -0.2) is 11.9 Å². The van der Waals surface area contributed by atoms with Crippen LogP contribution < -0.4 is 4.74 Å². The van der Waals surface area contributed by atoms with E-state index in [-0.39, 0.29) is 11.9 Å². The van der Waals surface area contributed by atoms with Crippen LogP contribution in [0.15, 0.2) is 24.3 Å². The maximum absolute atomic E-state index is 10.8. The van der Waals surface area contributed by atoms with Gasteiger partial charge in [0.2, 0.25) is 0 Å². The van der Waals surface area contributed by atoms with Gasteiger partial charge in [-0.1, -0.05) is 18.2 Å². The zero-order chi connectivity index (χ0) is 9.97. The van der Waals surface area contributed by atoms with Gasteiger partial charge in [-0.2, -0.15) is 0 Å². The monoisotopic (exact) mass is 190 g/mol. The number of hydrogen-bond donors (Lipinski definition) is 0. The Morgan fingerprint density at radius 1 is 1.50 bits per heavy atom. The van der Waals surface area contributed by atoms with Crippen LogP contribution in [0, 0.1) is 0 Å². The van der Waals surface area contributed by atoms with Crippen molar-refractivity contribution in [2.75, 3.05) is 0 Å². The minimum atomic E-state index is 0.205. The third-order valence-electron chi connectivity index (χ3n) is 2.53. The number of Topliss-reactive ketones (excluding diaryl/α,β-unsaturated/α-hetero) is 1. The fraction of sp³-hybridized carbons (Fsp3) is 0.417. The van der Waals surface area contributed by atoms with Crippen LogP contribution in [-0.2, 0) is 11.2 Å². The predicted octanol–water partition coefficient (Wildman–Crippen LogP) is 2.36. The van der Waals surface area contributed by atoms with Crippen molar-refractivity contribution in [3.8, 4) is 5.75 Å². The molecule has 1 aliphatic rings. The van der Waals surface area contributed by atoms with Gasteiger partial charge in [0, 0.05) is 12.8 Å². The summed E-state index contributed by atoms with van der Waals surface area (Å²) in [7, 11) is 0. The molecular formula is C12H14O2. The smallest absolute Gasteiger partial charge is 0.129 e. The highest BCUT2D eigenvalue weighted by Crippen LogP contribution is 2.29. The Hall–Kier alpha value is -1.31. The van der Waals surface area contributed by atoms with Crippen molar-refractivity contribution in [1.29, 1.82) is 0 Å². The summed E-state index contributed by atoms with van der Waals surface area (Å²) in [6.45, 7) is 1.63. The van der Waals surface area contributed by atoms with Gasteiger partial charge >= 0.3 is 0 Å². The number of benzene rings is 1. The first-order valence-electron chi connectivity index (χ1n) is 4.99. The van der Waals surface area contributed by atoms with Gasteiger partial charge in [-0.05, 0) is 25.0 Å². The SMILES string of the molecule is CC(=O)CCC1Cc2ccccc2O1. The van der Waals surface area contributed by atoms with E-state index in [0.29, 0.717) is 6.42 Å². The summed E-state index contributed by atoms with van der Waals surface area (Å²) < 4.78 is 5.71. The molecule has 1 aliphatic heterocycles. The Morgan fingerprint density at radius 3 is 3.00 bits per heavy atom. The summed E-state index contributed by atoms with van der Waals surface area (Å²) in [4.78, 5) is 10.8. The van der Waals surface area contributed by atoms with Crippen LogP contribution >= 0.6 is 0 Å². The van der Waals surface area contributed by atoms with Gasteiger partial charge in [0.05, 0.1) is 0 Å². The third-order valence-corrected chi connectivity index (χ3v) is 2.53. The van der Waals surface area contributed by atoms with E-state index in [9.17, 15) is 4.79 Å². The standard InChI is InChI=1S/C12H14O2/c1-9(13)6-7-11-8-10-4-2-3-5-12(10)14-11/h2-5,11H,6-8H2,1H3. The average molecular weight is 190 g/mol. The Kier molecular flexibility index (Phi) is 2.53. The molecule has 0 fully saturated rings. The van der Waals surface area contributed by atoms with E-state index < -0.39 is 0 Å². The average Bonchev–Trinajstić information content (AvgIpc) is 2.57. The van der Waals surface area contributed by atoms with Crippen LogP contribution in [0.5, 0.6) is 5.75 Å². The lowest BCUT2D eigenvalue weighted by Gasteiger charge is -2.08. The molecule has 1 unspecified atom stereocenters. The van der Waals surface area contributed by atoms with Crippen molar-refractivity contribution in [3.05, 3.63) is 29.8 Å². The molecule has 0 saturated heterocycles. The summed E-state index contributed by atoms with van der Waals surface area (Å²) in [5.41, 5.74) is 1.26. The first-order chi connectivity index (χ1) is 6.75. The van der Waals surface area contributed by atoms with Crippen molar-refractivity contribution in [3.63, 3.8) is 0 Å². The topological polar surface area (TPSA) is 26.3 Å². The van der Waals surface area contributed by atoms with E-state index in [1.54, 1.807) is 6.92 Å². The molecule has 0 aliphatic carbocycles. The van der Waals surface area contributed by atoms with Gasteiger partial charge in [-0.25, -0.2) is 0 Å². The molecule has 2 rings (SSSR count). The van der Waals surface area contributed by atoms with Crippen molar-refractivity contribution < 1.29 is 9.53 Å². The van der Waals surface area contributed by atoms with E-state index in [4.69, 9.17) is 4.74 Å². The minimum absolute atomic E-state index is 0.205. The lowest BCUT2D eigenvalue weighted by molar-refractivity contribution is -0.117. The molecule has 2 nitrogen and oxygen atoms in total. The second kappa shape index (κ2) is 3.82. The molecule has 0 N–H and O–H groups in total. The molecule has 14 heavy (non-hydrogen) atoms. The number of para-hydroxylation sites is 1. The number of carbonyl (C=O) groups excluding carboxylic acids is 1. The number of fused-ring (bicyclic) bond motifs is 1. The number of ketones is 1. The number of hydrogen-bond acceptors (Lipinski definition) is 2. The molecule has 1 heterocycles. The van der Waals surface area contributed by atoms with Crippen LogP contribution in [0.4, 0.5) is 0 Å². The molecule has 74 valence electrons. The van der Waals surface area contributed by atoms with E-state index in [1.165, 1.54) is 5.56 Å². The Labute approximate surface area is 83.9 Å². The molecule has 1 aromatic rings. The second-order valence-electron chi connectivity index (χ2n) is 3.79. The third kappa shape index (κ3) is 1.95. The maximum atomic E-state index is 10.8. The van der Waals surface area contributed by atoms with Gasteiger partial charge in [-0.15, -0.1) is 0 Å². The number of carbonyl (C=O) groups is 1. The van der Waals surface area contributed by atoms with E-state index in [0.717, 1.165) is 18.6 Å². The van der Waals surface area contributed by atoms with E-state index in [1.807, 2.05) is 18.2 Å². The quantitative estimate of drug-likeness (QED) is 0.731. The minimum Gasteiger partial charge on any atom is -0.490 e. The maximum Gasteiger partial charge on any atom is 0.129 e. The first-order valence-corrected chi connectivity index (χ1v) is 4.99. The van der Waals surface area contributed by atoms with Crippen LogP contribution in [0.3, 0.4) is 0 Å². The lowest BCUT2D eigenvalue weighted by Crippen LogP contribution is -2.13. The van der Waals surface area contributed by atoms with Crippen molar-refractivity contribution in [2.24, 2.45) is 0 Å². The van der Waals surface area contributed by atoms with Crippen LogP contribution in [0.25, 0.3) is 0 Å². The lowest BCUT2D eigenvalue weighted by atomic mass is 10.1. The van der Waals surface area contributed by atoms with Gasteiger partial charge in [0.1, 0.15) is 17.6 Å². The summed E-state index contributed by atoms with van der Waals surface area (Å²) >= 11 is 0. The highest BCUT2D eigenvalue weighted by Gasteiger charge is 2.21. The molecule has 0 amide bonds. The van der Waals surface area contributed by atoms with Gasteiger partial charge < -0.3 is 9.53 Å². The number of ether oxygens (including phenoxy) is 1. The molecule has 0 radical (unpaired) electrons. The van der Waals surface area contributed by atoms with E-state index >= 15 is 0 Å². The van der Waals surface area contributed by atoms with Crippen molar-refractivity contribution >= 4 is 5.78 Å². The highest BCUT2D eigenvalue weighted by atomic mass is 16.5. The Bertz CT molecular complexity index is 319. The highest BCUT2D eigenvalue weighted by molar-refractivity contribution is 5.75. The van der Waals surface area contributed by atoms with Gasteiger partial charge in [-0.3, -0.25) is 0 Å². The number of rotatable bonds is 3. The fourth-order valence-electron chi connectivity index (χ4n) is 1.78. The molecule has 0 spiro atoms. The predicted molar refractivity (Wildman–Crippen MR) is 54.5 cm³/mol. The Morgan fingerprint density at radius 2 is 2.29 bits per heavy atom. The fourth-order valence-corrected chi connectivity index (χ4v) is 1.78. The summed E-state index contributed by atoms with van der Waals surface area (Å²) in [6, 6.07) is 8.08. The van der Waals surface area contributed by atoms with Crippen LogP contribution in [0.2, 0.25) is 0 Å². The normalized spacial score (nSPS) is 18.8. The Balaban J connectivity index is 1.95. The van der Waals surface area contributed by atoms with E-state index in [2.05, 4.69) is 6.07 Å². The van der Waals surface area contributed by atoms with Gasteiger partial charge in [0.15, 0.2) is 0 Å². The zero-order valence-electron chi connectivity index (χ0n) is 8.32. The molecule has 0 bridgehead atoms. The summed E-state index contributed by atoms with van der Waals surface area (Å²) in [5.74, 6) is 1.23. The van der Waals surface area contributed by atoms with Crippen LogP contribution in [0.1, 0.15) is 25.3 Å². The molecule has 2 heteroatoms. The van der Waals surface area contributed by atoms with Crippen molar-refractivity contribution in [2.45, 2.75) is 32.3 Å². The molecular weight excluding hydrogens is 176 g/mol. The molecule has 0 saturated carbocycles. The first kappa shape index (κ1) is 9.25. The largest absolute Gasteiger partial charge is 0.490 e. The molecule has 1 atom stereocenters. The van der Waals surface area contributed by atoms with Gasteiger partial charge in [0.25, 0.3) is 0 Å².